The van der Waals surface area contributed by atoms with E-state index in [9.17, 15) is 9.59 Å². The van der Waals surface area contributed by atoms with E-state index in [2.05, 4.69) is 15.0 Å². The molecule has 2 aromatic rings. The number of nitrogens with zero attached hydrogens (tertiary/aromatic N) is 2. The Morgan fingerprint density at radius 2 is 1.94 bits per heavy atom. The maximum atomic E-state index is 11.0. The number of rotatable bonds is 2. The van der Waals surface area contributed by atoms with Gasteiger partial charge in [-0.05, 0) is 0 Å². The fourth-order valence-electron chi connectivity index (χ4n) is 1.27. The van der Waals surface area contributed by atoms with Gasteiger partial charge in [0.05, 0.1) is 0 Å². The molecule has 2 aromatic heterocycles. The van der Waals surface area contributed by atoms with Crippen LogP contribution in [0.2, 0.25) is 0 Å². The van der Waals surface area contributed by atoms with Crippen molar-refractivity contribution in [2.24, 2.45) is 12.0 Å². The van der Waals surface area contributed by atoms with Crippen molar-refractivity contribution in [3.8, 4) is 0 Å². The first kappa shape index (κ1) is 11.0. The highest BCUT2D eigenvalue weighted by molar-refractivity contribution is 5.80. The average Bonchev–Trinajstić information content (AvgIpc) is 2.27. The number of aryl methyl sites for hydroxylation is 1. The standard InChI is InChI=1S/C11H10N4O2/c1-15-4-2-8(3-5-15)7-12-9-6-10(16)14-11(17)13-9/h2-7H,1H3,(H-,13,14,16,17)/p+1. The average molecular weight is 231 g/mol. The summed E-state index contributed by atoms with van der Waals surface area (Å²) in [5.74, 6) is 0.229. The Morgan fingerprint density at radius 3 is 2.59 bits per heavy atom. The predicted molar refractivity (Wildman–Crippen MR) is 62.6 cm³/mol. The second kappa shape index (κ2) is 4.56. The zero-order valence-electron chi connectivity index (χ0n) is 9.18. The van der Waals surface area contributed by atoms with Crippen LogP contribution in [0.4, 0.5) is 5.82 Å². The summed E-state index contributed by atoms with van der Waals surface area (Å²) in [5, 5.41) is 0. The van der Waals surface area contributed by atoms with Crippen LogP contribution in [-0.4, -0.2) is 16.2 Å². The highest BCUT2D eigenvalue weighted by Gasteiger charge is 1.95. The van der Waals surface area contributed by atoms with Crippen molar-refractivity contribution in [2.75, 3.05) is 0 Å². The molecule has 0 radical (unpaired) electrons. The van der Waals surface area contributed by atoms with Gasteiger partial charge in [-0.2, -0.15) is 0 Å². The molecule has 0 saturated heterocycles. The summed E-state index contributed by atoms with van der Waals surface area (Å²) >= 11 is 0. The van der Waals surface area contributed by atoms with E-state index in [1.54, 1.807) is 6.21 Å². The molecule has 2 N–H and O–H groups in total. The van der Waals surface area contributed by atoms with Crippen LogP contribution in [0.5, 0.6) is 0 Å². The van der Waals surface area contributed by atoms with Crippen molar-refractivity contribution in [1.29, 1.82) is 0 Å². The second-order valence-electron chi connectivity index (χ2n) is 3.53. The van der Waals surface area contributed by atoms with Crippen LogP contribution in [0, 0.1) is 0 Å². The van der Waals surface area contributed by atoms with Gasteiger partial charge in [0.1, 0.15) is 12.9 Å². The smallest absolute Gasteiger partial charge is 0.292 e. The molecule has 0 aromatic carbocycles. The quantitative estimate of drug-likeness (QED) is 0.546. The van der Waals surface area contributed by atoms with E-state index in [-0.39, 0.29) is 5.82 Å². The van der Waals surface area contributed by atoms with Gasteiger partial charge in [0.15, 0.2) is 12.4 Å². The lowest BCUT2D eigenvalue weighted by molar-refractivity contribution is -0.671. The molecule has 2 rings (SSSR count). The number of aromatic amines is 2. The molecule has 0 bridgehead atoms. The Hall–Kier alpha value is -2.50. The lowest BCUT2D eigenvalue weighted by Crippen LogP contribution is -2.25. The van der Waals surface area contributed by atoms with Crippen LogP contribution >= 0.6 is 0 Å². The highest BCUT2D eigenvalue weighted by atomic mass is 16.2. The summed E-state index contributed by atoms with van der Waals surface area (Å²) in [5.41, 5.74) is -0.159. The van der Waals surface area contributed by atoms with Gasteiger partial charge >= 0.3 is 5.69 Å². The first-order chi connectivity index (χ1) is 8.13. The Kier molecular flexibility index (Phi) is 2.95. The third-order valence-electron chi connectivity index (χ3n) is 2.10. The van der Waals surface area contributed by atoms with Crippen molar-refractivity contribution < 1.29 is 4.57 Å². The summed E-state index contributed by atoms with van der Waals surface area (Å²) < 4.78 is 1.90. The number of pyridine rings is 1. The fourth-order valence-corrected chi connectivity index (χ4v) is 1.27. The largest absolute Gasteiger partial charge is 0.327 e. The summed E-state index contributed by atoms with van der Waals surface area (Å²) in [6.45, 7) is 0. The zero-order valence-corrected chi connectivity index (χ0v) is 9.18. The topological polar surface area (TPSA) is 82.0 Å². The van der Waals surface area contributed by atoms with Gasteiger partial charge in [-0.15, -0.1) is 0 Å². The summed E-state index contributed by atoms with van der Waals surface area (Å²) in [6.07, 6.45) is 5.33. The number of aromatic nitrogens is 3. The van der Waals surface area contributed by atoms with E-state index in [1.807, 2.05) is 36.1 Å². The summed E-state index contributed by atoms with van der Waals surface area (Å²) in [7, 11) is 1.91. The van der Waals surface area contributed by atoms with E-state index >= 15 is 0 Å². The number of aliphatic imine (C=N–C) groups is 1. The Bertz CT molecular complexity index is 624. The van der Waals surface area contributed by atoms with Gasteiger partial charge in [-0.1, -0.05) is 0 Å². The minimum atomic E-state index is -0.566. The van der Waals surface area contributed by atoms with Crippen LogP contribution < -0.4 is 15.8 Å². The molecule has 2 heterocycles. The number of hydrogen-bond donors (Lipinski definition) is 2. The summed E-state index contributed by atoms with van der Waals surface area (Å²) in [4.78, 5) is 30.5. The molecule has 0 amide bonds. The number of H-pyrrole nitrogens is 2. The molecule has 17 heavy (non-hydrogen) atoms. The fraction of sp³-hybridized carbons (Fsp3) is 0.0909. The van der Waals surface area contributed by atoms with Gasteiger partial charge in [-0.25, -0.2) is 14.4 Å². The number of hydrogen-bond acceptors (Lipinski definition) is 3. The minimum absolute atomic E-state index is 0.229. The van der Waals surface area contributed by atoms with Crippen molar-refractivity contribution in [2.45, 2.75) is 0 Å². The van der Waals surface area contributed by atoms with Crippen molar-refractivity contribution in [3.63, 3.8) is 0 Å². The molecule has 0 atom stereocenters. The third-order valence-corrected chi connectivity index (χ3v) is 2.10. The van der Waals surface area contributed by atoms with E-state index in [0.29, 0.717) is 0 Å². The Labute approximate surface area is 96.3 Å². The first-order valence-electron chi connectivity index (χ1n) is 4.96. The molecule has 0 aliphatic rings. The van der Waals surface area contributed by atoms with Crippen LogP contribution in [-0.2, 0) is 7.05 Å². The number of nitrogens with one attached hydrogen (secondary N) is 2. The lowest BCUT2D eigenvalue weighted by atomic mass is 10.3. The van der Waals surface area contributed by atoms with E-state index in [1.165, 1.54) is 6.07 Å². The van der Waals surface area contributed by atoms with Gasteiger partial charge in [0.2, 0.25) is 0 Å². The monoisotopic (exact) mass is 231 g/mol. The van der Waals surface area contributed by atoms with Crippen LogP contribution in [0.1, 0.15) is 5.56 Å². The molecule has 6 heteroatoms. The van der Waals surface area contributed by atoms with Crippen LogP contribution in [0.3, 0.4) is 0 Å². The molecule has 6 nitrogen and oxygen atoms in total. The molecule has 0 fully saturated rings. The van der Waals surface area contributed by atoms with Gasteiger partial charge in [0.25, 0.3) is 5.56 Å². The molecule has 0 unspecified atom stereocenters. The van der Waals surface area contributed by atoms with E-state index < -0.39 is 11.2 Å². The predicted octanol–water partition coefficient (Wildman–Crippen LogP) is -0.362. The molecular formula is C11H11N4O2+. The van der Waals surface area contributed by atoms with Crippen molar-refractivity contribution in [1.82, 2.24) is 9.97 Å². The molecule has 86 valence electrons. The van der Waals surface area contributed by atoms with E-state index in [0.717, 1.165) is 5.56 Å². The molecule has 0 saturated carbocycles. The van der Waals surface area contributed by atoms with E-state index in [4.69, 9.17) is 0 Å². The molecular weight excluding hydrogens is 220 g/mol. The first-order valence-corrected chi connectivity index (χ1v) is 4.96. The lowest BCUT2D eigenvalue weighted by Gasteiger charge is -1.92. The Balaban J connectivity index is 2.28. The highest BCUT2D eigenvalue weighted by Crippen LogP contribution is 2.00. The minimum Gasteiger partial charge on any atom is -0.292 e. The molecule has 0 spiro atoms. The van der Waals surface area contributed by atoms with Crippen molar-refractivity contribution in [3.05, 3.63) is 57.0 Å². The zero-order chi connectivity index (χ0) is 12.3. The normalized spacial score (nSPS) is 10.9. The van der Waals surface area contributed by atoms with Gasteiger partial charge < -0.3 is 0 Å². The molecule has 0 aliphatic heterocycles. The second-order valence-corrected chi connectivity index (χ2v) is 3.53. The SMILES string of the molecule is C[n+]1ccc(C=Nc2cc(=O)[nH]c(=O)[nH]2)cc1. The van der Waals surface area contributed by atoms with Crippen LogP contribution in [0.15, 0.2) is 45.2 Å². The van der Waals surface area contributed by atoms with Crippen molar-refractivity contribution >= 4 is 12.0 Å². The third kappa shape index (κ3) is 2.97. The van der Waals surface area contributed by atoms with Gasteiger partial charge in [0, 0.05) is 30.0 Å². The Morgan fingerprint density at radius 1 is 1.24 bits per heavy atom. The maximum Gasteiger partial charge on any atom is 0.327 e. The molecule has 0 aliphatic carbocycles. The van der Waals surface area contributed by atoms with Crippen LogP contribution in [0.25, 0.3) is 0 Å². The maximum absolute atomic E-state index is 11.0. The summed E-state index contributed by atoms with van der Waals surface area (Å²) in [6, 6.07) is 4.96. The van der Waals surface area contributed by atoms with Gasteiger partial charge in [-0.3, -0.25) is 14.8 Å².